The number of amides is 1. The average molecular weight is 283 g/mol. The van der Waals surface area contributed by atoms with Crippen molar-refractivity contribution in [1.29, 1.82) is 0 Å². The van der Waals surface area contributed by atoms with Crippen molar-refractivity contribution < 1.29 is 14.0 Å². The molecule has 1 fully saturated rings. The van der Waals surface area contributed by atoms with Crippen LogP contribution in [-0.2, 0) is 9.63 Å². The molecule has 1 aliphatic rings. The maximum absolute atomic E-state index is 12.7. The second-order valence-electron chi connectivity index (χ2n) is 4.60. The van der Waals surface area contributed by atoms with Crippen LogP contribution in [0.25, 0.3) is 0 Å². The summed E-state index contributed by atoms with van der Waals surface area (Å²) in [7, 11) is 0. The molecule has 1 aliphatic carbocycles. The van der Waals surface area contributed by atoms with Crippen LogP contribution in [0, 0.1) is 5.82 Å². The predicted octanol–water partition coefficient (Wildman–Crippen LogP) is 3.30. The lowest BCUT2D eigenvalue weighted by Crippen LogP contribution is -2.28. The first-order valence-electron chi connectivity index (χ1n) is 6.57. The molecule has 0 bridgehead atoms. The van der Waals surface area contributed by atoms with Crippen LogP contribution in [0.4, 0.5) is 4.39 Å². The Morgan fingerprint density at radius 2 is 2.00 bits per heavy atom. The fourth-order valence-electron chi connectivity index (χ4n) is 2.00. The van der Waals surface area contributed by atoms with Gasteiger partial charge in [0.25, 0.3) is 0 Å². The number of halogens is 1. The van der Waals surface area contributed by atoms with Crippen LogP contribution >= 0.6 is 11.8 Å². The molecule has 1 aromatic carbocycles. The number of thioether (sulfide) groups is 1. The maximum atomic E-state index is 12.7. The van der Waals surface area contributed by atoms with Crippen LogP contribution in [0.15, 0.2) is 29.2 Å². The van der Waals surface area contributed by atoms with E-state index < -0.39 is 0 Å². The Morgan fingerprint density at radius 1 is 1.32 bits per heavy atom. The van der Waals surface area contributed by atoms with Gasteiger partial charge in [-0.15, -0.1) is 11.8 Å². The molecule has 2 rings (SSSR count). The largest absolute Gasteiger partial charge is 0.273 e. The fourth-order valence-corrected chi connectivity index (χ4v) is 2.85. The molecular formula is C14H18FNO2S. The molecule has 3 nitrogen and oxygen atoms in total. The number of nitrogens with one attached hydrogen (secondary N) is 1. The van der Waals surface area contributed by atoms with Gasteiger partial charge in [0.1, 0.15) is 5.82 Å². The number of hydrogen-bond acceptors (Lipinski definition) is 3. The Kier molecular flexibility index (Phi) is 5.66. The molecule has 1 saturated carbocycles. The third-order valence-corrected chi connectivity index (χ3v) is 4.07. The lowest BCUT2D eigenvalue weighted by atomic mass is 10.3. The summed E-state index contributed by atoms with van der Waals surface area (Å²) in [5, 5.41) is 0. The van der Waals surface area contributed by atoms with Crippen LogP contribution in [0.3, 0.4) is 0 Å². The first kappa shape index (κ1) is 14.3. The molecule has 1 amide bonds. The van der Waals surface area contributed by atoms with E-state index in [1.807, 2.05) is 0 Å². The van der Waals surface area contributed by atoms with Crippen LogP contribution < -0.4 is 5.48 Å². The molecular weight excluding hydrogens is 265 g/mol. The van der Waals surface area contributed by atoms with Gasteiger partial charge in [-0.05, 0) is 37.1 Å². The summed E-state index contributed by atoms with van der Waals surface area (Å²) in [5.74, 6) is 0.319. The Morgan fingerprint density at radius 3 is 2.68 bits per heavy atom. The van der Waals surface area contributed by atoms with E-state index in [1.165, 1.54) is 36.7 Å². The van der Waals surface area contributed by atoms with Gasteiger partial charge in [-0.1, -0.05) is 12.8 Å². The Hall–Kier alpha value is -1.07. The summed E-state index contributed by atoms with van der Waals surface area (Å²) in [6.07, 6.45) is 5.01. The van der Waals surface area contributed by atoms with Gasteiger partial charge in [-0.3, -0.25) is 9.63 Å². The molecule has 0 unspecified atom stereocenters. The van der Waals surface area contributed by atoms with Crippen LogP contribution in [0.1, 0.15) is 32.1 Å². The number of carbonyl (C=O) groups is 1. The highest BCUT2D eigenvalue weighted by molar-refractivity contribution is 7.99. The van der Waals surface area contributed by atoms with Crippen LogP contribution in [-0.4, -0.2) is 17.8 Å². The molecule has 0 spiro atoms. The smallest absolute Gasteiger partial charge is 0.244 e. The maximum Gasteiger partial charge on any atom is 0.244 e. The van der Waals surface area contributed by atoms with Crippen molar-refractivity contribution >= 4 is 17.7 Å². The topological polar surface area (TPSA) is 38.3 Å². The number of hydrogen-bond donors (Lipinski definition) is 1. The molecule has 0 aliphatic heterocycles. The molecule has 19 heavy (non-hydrogen) atoms. The molecule has 0 aromatic heterocycles. The second kappa shape index (κ2) is 7.50. The van der Waals surface area contributed by atoms with E-state index in [0.717, 1.165) is 17.7 Å². The van der Waals surface area contributed by atoms with E-state index in [1.54, 1.807) is 12.1 Å². The monoisotopic (exact) mass is 283 g/mol. The Balaban J connectivity index is 1.59. The lowest BCUT2D eigenvalue weighted by molar-refractivity contribution is -0.137. The quantitative estimate of drug-likeness (QED) is 0.643. The van der Waals surface area contributed by atoms with Gasteiger partial charge in [0.05, 0.1) is 6.10 Å². The van der Waals surface area contributed by atoms with Crippen LogP contribution in [0.2, 0.25) is 0 Å². The van der Waals surface area contributed by atoms with E-state index >= 15 is 0 Å². The second-order valence-corrected chi connectivity index (χ2v) is 5.77. The highest BCUT2D eigenvalue weighted by Crippen LogP contribution is 2.20. The predicted molar refractivity (Wildman–Crippen MR) is 73.2 cm³/mol. The zero-order valence-electron chi connectivity index (χ0n) is 10.7. The molecule has 0 saturated heterocycles. The summed E-state index contributed by atoms with van der Waals surface area (Å²) in [6.45, 7) is 0. The lowest BCUT2D eigenvalue weighted by Gasteiger charge is -2.11. The summed E-state index contributed by atoms with van der Waals surface area (Å²) >= 11 is 1.53. The summed E-state index contributed by atoms with van der Waals surface area (Å²) in [4.78, 5) is 17.8. The third kappa shape index (κ3) is 5.20. The molecule has 1 aromatic rings. The summed E-state index contributed by atoms with van der Waals surface area (Å²) < 4.78 is 12.7. The van der Waals surface area contributed by atoms with Gasteiger partial charge in [0.2, 0.25) is 5.91 Å². The minimum absolute atomic E-state index is 0.0958. The Bertz CT molecular complexity index is 404. The summed E-state index contributed by atoms with van der Waals surface area (Å²) in [6, 6.07) is 6.27. The zero-order valence-corrected chi connectivity index (χ0v) is 11.5. The van der Waals surface area contributed by atoms with Gasteiger partial charge in [0.15, 0.2) is 0 Å². The van der Waals surface area contributed by atoms with Crippen molar-refractivity contribution in [3.8, 4) is 0 Å². The SMILES string of the molecule is O=C(CCSc1ccc(F)cc1)NOC1CCCC1. The minimum atomic E-state index is -0.243. The van der Waals surface area contributed by atoms with E-state index in [4.69, 9.17) is 4.84 Å². The molecule has 0 atom stereocenters. The first-order chi connectivity index (χ1) is 9.24. The van der Waals surface area contributed by atoms with E-state index in [2.05, 4.69) is 5.48 Å². The zero-order chi connectivity index (χ0) is 13.5. The highest BCUT2D eigenvalue weighted by Gasteiger charge is 2.16. The van der Waals surface area contributed by atoms with Crippen molar-refractivity contribution in [1.82, 2.24) is 5.48 Å². The molecule has 104 valence electrons. The van der Waals surface area contributed by atoms with Crippen molar-refractivity contribution in [2.45, 2.75) is 43.1 Å². The average Bonchev–Trinajstić information content (AvgIpc) is 2.92. The van der Waals surface area contributed by atoms with Crippen molar-refractivity contribution in [2.75, 3.05) is 5.75 Å². The first-order valence-corrected chi connectivity index (χ1v) is 7.55. The minimum Gasteiger partial charge on any atom is -0.273 e. The van der Waals surface area contributed by atoms with E-state index in [-0.39, 0.29) is 17.8 Å². The number of hydroxylamine groups is 1. The number of carbonyl (C=O) groups excluding carboxylic acids is 1. The van der Waals surface area contributed by atoms with Crippen molar-refractivity contribution in [3.05, 3.63) is 30.1 Å². The van der Waals surface area contributed by atoms with E-state index in [9.17, 15) is 9.18 Å². The van der Waals surface area contributed by atoms with Crippen LogP contribution in [0.5, 0.6) is 0 Å². The molecule has 0 heterocycles. The van der Waals surface area contributed by atoms with Gasteiger partial charge < -0.3 is 0 Å². The van der Waals surface area contributed by atoms with Gasteiger partial charge in [-0.25, -0.2) is 9.87 Å². The van der Waals surface area contributed by atoms with Gasteiger partial charge in [0, 0.05) is 17.1 Å². The number of benzene rings is 1. The van der Waals surface area contributed by atoms with Crippen molar-refractivity contribution in [2.24, 2.45) is 0 Å². The van der Waals surface area contributed by atoms with Gasteiger partial charge >= 0.3 is 0 Å². The van der Waals surface area contributed by atoms with E-state index in [0.29, 0.717) is 12.2 Å². The standard InChI is InChI=1S/C14H18FNO2S/c15-11-5-7-13(8-6-11)19-10-9-14(17)16-18-12-3-1-2-4-12/h5-8,12H,1-4,9-10H2,(H,16,17). The highest BCUT2D eigenvalue weighted by atomic mass is 32.2. The Labute approximate surface area is 116 Å². The molecule has 0 radical (unpaired) electrons. The summed E-state index contributed by atoms with van der Waals surface area (Å²) in [5.41, 5.74) is 2.51. The normalized spacial score (nSPS) is 15.6. The molecule has 5 heteroatoms. The number of rotatable bonds is 6. The van der Waals surface area contributed by atoms with Crippen molar-refractivity contribution in [3.63, 3.8) is 0 Å². The third-order valence-electron chi connectivity index (χ3n) is 3.05. The molecule has 1 N–H and O–H groups in total. The van der Waals surface area contributed by atoms with Gasteiger partial charge in [-0.2, -0.15) is 0 Å². The fraction of sp³-hybridized carbons (Fsp3) is 0.500.